The van der Waals surface area contributed by atoms with Gasteiger partial charge in [0.2, 0.25) is 0 Å². The Kier molecular flexibility index (Phi) is 6.12. The van der Waals surface area contributed by atoms with Crippen LogP contribution in [0.4, 0.5) is 0 Å². The van der Waals surface area contributed by atoms with Crippen LogP contribution >= 0.6 is 0 Å². The number of rotatable bonds is 8. The van der Waals surface area contributed by atoms with Crippen molar-refractivity contribution in [1.82, 2.24) is 15.1 Å². The molecule has 2 rings (SSSR count). The van der Waals surface area contributed by atoms with E-state index in [-0.39, 0.29) is 5.91 Å². The second kappa shape index (κ2) is 8.29. The summed E-state index contributed by atoms with van der Waals surface area (Å²) in [4.78, 5) is 23.8. The minimum Gasteiger partial charge on any atom is -0.480 e. The Labute approximate surface area is 141 Å². The number of carbonyl (C=O) groups is 2. The molecule has 0 aliphatic heterocycles. The van der Waals surface area contributed by atoms with Gasteiger partial charge in [-0.05, 0) is 25.0 Å². The highest BCUT2D eigenvalue weighted by Crippen LogP contribution is 2.17. The van der Waals surface area contributed by atoms with Gasteiger partial charge < -0.3 is 10.4 Å². The number of nitrogens with zero attached hydrogens (tertiary/aromatic N) is 2. The molecule has 2 aromatic rings. The molecule has 0 fully saturated rings. The van der Waals surface area contributed by atoms with E-state index in [2.05, 4.69) is 10.4 Å². The molecule has 0 radical (unpaired) electrons. The maximum atomic E-state index is 12.5. The summed E-state index contributed by atoms with van der Waals surface area (Å²) in [6.45, 7) is 3.92. The summed E-state index contributed by atoms with van der Waals surface area (Å²) in [5.74, 6) is -1.40. The first-order chi connectivity index (χ1) is 11.6. The fourth-order valence-corrected chi connectivity index (χ4v) is 2.61. The van der Waals surface area contributed by atoms with E-state index in [0.29, 0.717) is 24.8 Å². The highest BCUT2D eigenvalue weighted by Gasteiger charge is 2.23. The largest absolute Gasteiger partial charge is 0.480 e. The van der Waals surface area contributed by atoms with E-state index in [1.165, 1.54) is 6.20 Å². The second-order valence-electron chi connectivity index (χ2n) is 5.66. The summed E-state index contributed by atoms with van der Waals surface area (Å²) in [5, 5.41) is 16.2. The normalized spacial score (nSPS) is 11.9. The SMILES string of the molecule is CCCc1c(C(=O)NC(CCC)C(=O)O)cnn1-c1ccccc1. The van der Waals surface area contributed by atoms with Gasteiger partial charge in [-0.25, -0.2) is 9.48 Å². The van der Waals surface area contributed by atoms with E-state index in [0.717, 1.165) is 17.8 Å². The monoisotopic (exact) mass is 329 g/mol. The van der Waals surface area contributed by atoms with Gasteiger partial charge in [-0.2, -0.15) is 5.10 Å². The molecule has 24 heavy (non-hydrogen) atoms. The summed E-state index contributed by atoms with van der Waals surface area (Å²) >= 11 is 0. The molecule has 0 aliphatic rings. The molecule has 6 heteroatoms. The van der Waals surface area contributed by atoms with E-state index in [4.69, 9.17) is 0 Å². The lowest BCUT2D eigenvalue weighted by molar-refractivity contribution is -0.139. The van der Waals surface area contributed by atoms with Gasteiger partial charge in [0.1, 0.15) is 6.04 Å². The smallest absolute Gasteiger partial charge is 0.326 e. The van der Waals surface area contributed by atoms with Crippen molar-refractivity contribution in [3.8, 4) is 5.69 Å². The zero-order valence-corrected chi connectivity index (χ0v) is 14.0. The van der Waals surface area contributed by atoms with E-state index >= 15 is 0 Å². The van der Waals surface area contributed by atoms with E-state index < -0.39 is 12.0 Å². The number of carboxylic acid groups (broad SMARTS) is 1. The van der Waals surface area contributed by atoms with Crippen LogP contribution in [-0.2, 0) is 11.2 Å². The number of nitrogens with one attached hydrogen (secondary N) is 1. The summed E-state index contributed by atoms with van der Waals surface area (Å²) in [6.07, 6.45) is 4.14. The lowest BCUT2D eigenvalue weighted by Gasteiger charge is -2.14. The summed E-state index contributed by atoms with van der Waals surface area (Å²) in [5.41, 5.74) is 2.10. The number of carbonyl (C=O) groups excluding carboxylic acids is 1. The molecule has 0 aliphatic carbocycles. The van der Waals surface area contributed by atoms with Gasteiger partial charge in [0, 0.05) is 0 Å². The number of aromatic nitrogens is 2. The van der Waals surface area contributed by atoms with Crippen molar-refractivity contribution in [2.75, 3.05) is 0 Å². The van der Waals surface area contributed by atoms with Crippen molar-refractivity contribution < 1.29 is 14.7 Å². The summed E-state index contributed by atoms with van der Waals surface area (Å²) in [6, 6.07) is 8.71. The number of hydrogen-bond acceptors (Lipinski definition) is 3. The second-order valence-corrected chi connectivity index (χ2v) is 5.66. The molecule has 0 bridgehead atoms. The molecule has 1 atom stereocenters. The zero-order valence-electron chi connectivity index (χ0n) is 14.0. The van der Waals surface area contributed by atoms with Gasteiger partial charge in [0.15, 0.2) is 0 Å². The third-order valence-electron chi connectivity index (χ3n) is 3.78. The molecule has 1 unspecified atom stereocenters. The van der Waals surface area contributed by atoms with Crippen LogP contribution in [0.25, 0.3) is 5.69 Å². The number of para-hydroxylation sites is 1. The Bertz CT molecular complexity index is 695. The molecule has 1 aromatic carbocycles. The van der Waals surface area contributed by atoms with Crippen LogP contribution in [0.15, 0.2) is 36.5 Å². The Balaban J connectivity index is 2.31. The Hall–Kier alpha value is -2.63. The molecule has 2 N–H and O–H groups in total. The van der Waals surface area contributed by atoms with E-state index in [9.17, 15) is 14.7 Å². The molecule has 0 saturated carbocycles. The molecule has 1 aromatic heterocycles. The minimum absolute atomic E-state index is 0.388. The first-order valence-electron chi connectivity index (χ1n) is 8.24. The quantitative estimate of drug-likeness (QED) is 0.780. The maximum Gasteiger partial charge on any atom is 0.326 e. The lowest BCUT2D eigenvalue weighted by Crippen LogP contribution is -2.40. The predicted molar refractivity (Wildman–Crippen MR) is 91.4 cm³/mol. The standard InChI is InChI=1S/C18H23N3O3/c1-3-8-15(18(23)24)20-17(22)14-12-19-21(16(14)9-4-2)13-10-6-5-7-11-13/h5-7,10-12,15H,3-4,8-9H2,1-2H3,(H,20,22)(H,23,24). The molecule has 128 valence electrons. The third-order valence-corrected chi connectivity index (χ3v) is 3.78. The molecular weight excluding hydrogens is 306 g/mol. The summed E-state index contributed by atoms with van der Waals surface area (Å²) in [7, 11) is 0. The predicted octanol–water partition coefficient (Wildman–Crippen LogP) is 2.81. The highest BCUT2D eigenvalue weighted by molar-refractivity contribution is 5.97. The fraction of sp³-hybridized carbons (Fsp3) is 0.389. The molecule has 0 saturated heterocycles. The van der Waals surface area contributed by atoms with Crippen LogP contribution in [-0.4, -0.2) is 32.8 Å². The van der Waals surface area contributed by atoms with Crippen molar-refractivity contribution in [2.24, 2.45) is 0 Å². The van der Waals surface area contributed by atoms with Gasteiger partial charge >= 0.3 is 5.97 Å². The van der Waals surface area contributed by atoms with Crippen LogP contribution < -0.4 is 5.32 Å². The Morgan fingerprint density at radius 1 is 1.21 bits per heavy atom. The van der Waals surface area contributed by atoms with Gasteiger partial charge in [0.05, 0.1) is 23.1 Å². The fourth-order valence-electron chi connectivity index (χ4n) is 2.61. The average molecular weight is 329 g/mol. The van der Waals surface area contributed by atoms with Gasteiger partial charge in [-0.15, -0.1) is 0 Å². The molecular formula is C18H23N3O3. The molecule has 1 heterocycles. The van der Waals surface area contributed by atoms with Crippen LogP contribution in [0.2, 0.25) is 0 Å². The van der Waals surface area contributed by atoms with Crippen LogP contribution in [0.1, 0.15) is 49.2 Å². The molecule has 6 nitrogen and oxygen atoms in total. The number of amides is 1. The van der Waals surface area contributed by atoms with Crippen LogP contribution in [0, 0.1) is 0 Å². The van der Waals surface area contributed by atoms with Gasteiger partial charge in [-0.1, -0.05) is 44.9 Å². The molecule has 0 spiro atoms. The van der Waals surface area contributed by atoms with Crippen LogP contribution in [0.5, 0.6) is 0 Å². The highest BCUT2D eigenvalue weighted by atomic mass is 16.4. The van der Waals surface area contributed by atoms with Crippen molar-refractivity contribution >= 4 is 11.9 Å². The molecule has 1 amide bonds. The number of hydrogen-bond donors (Lipinski definition) is 2. The van der Waals surface area contributed by atoms with E-state index in [1.54, 1.807) is 4.68 Å². The van der Waals surface area contributed by atoms with Crippen molar-refractivity contribution in [3.63, 3.8) is 0 Å². The van der Waals surface area contributed by atoms with Crippen molar-refractivity contribution in [1.29, 1.82) is 0 Å². The topological polar surface area (TPSA) is 84.2 Å². The van der Waals surface area contributed by atoms with E-state index in [1.807, 2.05) is 44.2 Å². The van der Waals surface area contributed by atoms with Gasteiger partial charge in [0.25, 0.3) is 5.91 Å². The van der Waals surface area contributed by atoms with Crippen molar-refractivity contribution in [3.05, 3.63) is 47.8 Å². The summed E-state index contributed by atoms with van der Waals surface area (Å²) < 4.78 is 1.74. The lowest BCUT2D eigenvalue weighted by atomic mass is 10.1. The number of benzene rings is 1. The zero-order chi connectivity index (χ0) is 17.5. The first kappa shape index (κ1) is 17.7. The first-order valence-corrected chi connectivity index (χ1v) is 8.24. The average Bonchev–Trinajstić information content (AvgIpc) is 2.99. The minimum atomic E-state index is -1.02. The Morgan fingerprint density at radius 3 is 2.50 bits per heavy atom. The third kappa shape index (κ3) is 4.01. The van der Waals surface area contributed by atoms with Crippen molar-refractivity contribution in [2.45, 2.75) is 45.6 Å². The number of aliphatic carboxylic acids is 1. The van der Waals surface area contributed by atoms with Gasteiger partial charge in [-0.3, -0.25) is 4.79 Å². The van der Waals surface area contributed by atoms with Crippen LogP contribution in [0.3, 0.4) is 0 Å². The number of carboxylic acids is 1. The maximum absolute atomic E-state index is 12.5. The Morgan fingerprint density at radius 2 is 1.92 bits per heavy atom.